The molecule has 5 heteroatoms. The first kappa shape index (κ1) is 16.8. The summed E-state index contributed by atoms with van der Waals surface area (Å²) < 4.78 is 0. The second kappa shape index (κ2) is 8.15. The highest BCUT2D eigenvalue weighted by Gasteiger charge is 2.20. The minimum Gasteiger partial charge on any atom is -0.357 e. The van der Waals surface area contributed by atoms with Gasteiger partial charge in [0.15, 0.2) is 5.96 Å². The zero-order valence-electron chi connectivity index (χ0n) is 14.6. The molecule has 0 bridgehead atoms. The van der Waals surface area contributed by atoms with Crippen molar-refractivity contribution in [1.29, 1.82) is 0 Å². The van der Waals surface area contributed by atoms with Gasteiger partial charge in [-0.2, -0.15) is 0 Å². The van der Waals surface area contributed by atoms with Gasteiger partial charge >= 0.3 is 0 Å². The van der Waals surface area contributed by atoms with Crippen molar-refractivity contribution in [2.45, 2.75) is 39.7 Å². The molecule has 4 nitrogen and oxygen atoms in total. The van der Waals surface area contributed by atoms with Crippen LogP contribution >= 0.6 is 11.3 Å². The molecule has 0 spiro atoms. The zero-order valence-corrected chi connectivity index (χ0v) is 15.4. The van der Waals surface area contributed by atoms with Crippen molar-refractivity contribution >= 4 is 17.3 Å². The molecule has 0 amide bonds. The lowest BCUT2D eigenvalue weighted by Gasteiger charge is -2.33. The van der Waals surface area contributed by atoms with Crippen molar-refractivity contribution < 1.29 is 0 Å². The van der Waals surface area contributed by atoms with E-state index in [0.29, 0.717) is 0 Å². The van der Waals surface area contributed by atoms with Gasteiger partial charge in [0.05, 0.1) is 6.54 Å². The van der Waals surface area contributed by atoms with Gasteiger partial charge in [0.1, 0.15) is 0 Å². The quantitative estimate of drug-likeness (QED) is 0.678. The van der Waals surface area contributed by atoms with Gasteiger partial charge in [-0.15, -0.1) is 11.3 Å². The molecule has 1 fully saturated rings. The van der Waals surface area contributed by atoms with Crippen LogP contribution in [0, 0.1) is 5.92 Å². The summed E-state index contributed by atoms with van der Waals surface area (Å²) >= 11 is 1.91. The lowest BCUT2D eigenvalue weighted by molar-refractivity contribution is 0.256. The molecule has 3 rings (SSSR count). The van der Waals surface area contributed by atoms with E-state index in [4.69, 9.17) is 4.99 Å². The number of fused-ring (bicyclic) bond motifs is 1. The monoisotopic (exact) mass is 334 g/mol. The molecule has 1 unspecified atom stereocenters. The van der Waals surface area contributed by atoms with E-state index >= 15 is 0 Å². The Kier molecular flexibility index (Phi) is 5.95. The van der Waals surface area contributed by atoms with Crippen molar-refractivity contribution in [2.75, 3.05) is 39.3 Å². The van der Waals surface area contributed by atoms with Gasteiger partial charge in [-0.05, 0) is 49.1 Å². The third-order valence-corrected chi connectivity index (χ3v) is 5.88. The first-order valence-electron chi connectivity index (χ1n) is 9.07. The number of nitrogens with zero attached hydrogens (tertiary/aromatic N) is 3. The maximum atomic E-state index is 4.90. The first-order chi connectivity index (χ1) is 11.3. The summed E-state index contributed by atoms with van der Waals surface area (Å²) in [6.45, 7) is 12.0. The molecular formula is C18H30N4S. The molecule has 1 atom stereocenters. The Morgan fingerprint density at radius 1 is 1.43 bits per heavy atom. The van der Waals surface area contributed by atoms with E-state index in [1.165, 1.54) is 31.4 Å². The largest absolute Gasteiger partial charge is 0.357 e. The third-order valence-electron chi connectivity index (χ3n) is 4.86. The number of thiophene rings is 1. The highest BCUT2D eigenvalue weighted by molar-refractivity contribution is 7.10. The summed E-state index contributed by atoms with van der Waals surface area (Å²) in [6.07, 6.45) is 3.85. The molecule has 3 heterocycles. The number of aliphatic imine (C=N–C) groups is 1. The van der Waals surface area contributed by atoms with Crippen molar-refractivity contribution in [2.24, 2.45) is 10.9 Å². The Hall–Kier alpha value is -1.07. The number of rotatable bonds is 4. The summed E-state index contributed by atoms with van der Waals surface area (Å²) in [4.78, 5) is 11.5. The predicted octanol–water partition coefficient (Wildman–Crippen LogP) is 2.80. The molecule has 0 saturated carbocycles. The lowest BCUT2D eigenvalue weighted by Crippen LogP contribution is -2.46. The molecule has 1 aromatic rings. The standard InChI is InChI=1S/C18H30N4S/c1-3-19-18(22-9-4-5-15(2)13-22)20-8-11-21-10-6-17-16(14-21)7-12-23-17/h7,12,15H,3-6,8-11,13-14H2,1-2H3,(H,19,20). The average molecular weight is 335 g/mol. The maximum absolute atomic E-state index is 4.90. The molecular weight excluding hydrogens is 304 g/mol. The first-order valence-corrected chi connectivity index (χ1v) is 9.95. The van der Waals surface area contributed by atoms with Crippen LogP contribution in [-0.2, 0) is 13.0 Å². The van der Waals surface area contributed by atoms with E-state index < -0.39 is 0 Å². The van der Waals surface area contributed by atoms with Gasteiger partial charge in [0.2, 0.25) is 0 Å². The van der Waals surface area contributed by atoms with Gasteiger partial charge in [-0.3, -0.25) is 9.89 Å². The van der Waals surface area contributed by atoms with Crippen LogP contribution in [0.2, 0.25) is 0 Å². The molecule has 1 saturated heterocycles. The summed E-state index contributed by atoms with van der Waals surface area (Å²) in [5.74, 6) is 1.90. The predicted molar refractivity (Wildman–Crippen MR) is 99.2 cm³/mol. The van der Waals surface area contributed by atoms with Gasteiger partial charge in [-0.25, -0.2) is 0 Å². The number of nitrogens with one attached hydrogen (secondary N) is 1. The molecule has 0 aliphatic carbocycles. The van der Waals surface area contributed by atoms with E-state index in [-0.39, 0.29) is 0 Å². The molecule has 0 radical (unpaired) electrons. The second-order valence-corrected chi connectivity index (χ2v) is 7.82. The zero-order chi connectivity index (χ0) is 16.1. The number of piperidine rings is 1. The van der Waals surface area contributed by atoms with Crippen molar-refractivity contribution in [3.05, 3.63) is 21.9 Å². The summed E-state index contributed by atoms with van der Waals surface area (Å²) in [7, 11) is 0. The molecule has 1 N–H and O–H groups in total. The van der Waals surface area contributed by atoms with Crippen LogP contribution in [0.5, 0.6) is 0 Å². The van der Waals surface area contributed by atoms with E-state index in [1.54, 1.807) is 4.88 Å². The fraction of sp³-hybridized carbons (Fsp3) is 0.722. The van der Waals surface area contributed by atoms with E-state index in [2.05, 4.69) is 40.4 Å². The lowest BCUT2D eigenvalue weighted by atomic mass is 10.0. The number of hydrogen-bond donors (Lipinski definition) is 1. The summed E-state index contributed by atoms with van der Waals surface area (Å²) in [5, 5.41) is 5.71. The Labute approximate surface area is 144 Å². The van der Waals surface area contributed by atoms with E-state index in [1.807, 2.05) is 11.3 Å². The SMILES string of the molecule is CCNC(=NCCN1CCc2sccc2C1)N1CCCC(C)C1. The fourth-order valence-electron chi connectivity index (χ4n) is 3.60. The molecule has 23 heavy (non-hydrogen) atoms. The number of likely N-dealkylation sites (tertiary alicyclic amines) is 1. The van der Waals surface area contributed by atoms with Crippen LogP contribution in [0.1, 0.15) is 37.1 Å². The normalized spacial score (nSPS) is 23.0. The number of hydrogen-bond acceptors (Lipinski definition) is 3. The van der Waals surface area contributed by atoms with Crippen LogP contribution in [0.25, 0.3) is 0 Å². The highest BCUT2D eigenvalue weighted by Crippen LogP contribution is 2.23. The van der Waals surface area contributed by atoms with Gasteiger partial charge < -0.3 is 10.2 Å². The summed E-state index contributed by atoms with van der Waals surface area (Å²) in [5.41, 5.74) is 1.53. The smallest absolute Gasteiger partial charge is 0.193 e. The van der Waals surface area contributed by atoms with Crippen LogP contribution in [-0.4, -0.2) is 55.0 Å². The Morgan fingerprint density at radius 2 is 2.35 bits per heavy atom. The van der Waals surface area contributed by atoms with E-state index in [9.17, 15) is 0 Å². The fourth-order valence-corrected chi connectivity index (χ4v) is 4.49. The van der Waals surface area contributed by atoms with Gasteiger partial charge in [-0.1, -0.05) is 6.92 Å². The second-order valence-electron chi connectivity index (χ2n) is 6.82. The van der Waals surface area contributed by atoms with Crippen molar-refractivity contribution in [1.82, 2.24) is 15.1 Å². The minimum atomic E-state index is 0.784. The van der Waals surface area contributed by atoms with Crippen LogP contribution in [0.4, 0.5) is 0 Å². The highest BCUT2D eigenvalue weighted by atomic mass is 32.1. The van der Waals surface area contributed by atoms with Gasteiger partial charge in [0.25, 0.3) is 0 Å². The van der Waals surface area contributed by atoms with Crippen LogP contribution in [0.15, 0.2) is 16.4 Å². The van der Waals surface area contributed by atoms with Crippen LogP contribution in [0.3, 0.4) is 0 Å². The Balaban J connectivity index is 1.52. The maximum Gasteiger partial charge on any atom is 0.193 e. The topological polar surface area (TPSA) is 30.9 Å². The van der Waals surface area contributed by atoms with Gasteiger partial charge in [0, 0.05) is 44.1 Å². The molecule has 2 aliphatic heterocycles. The molecule has 2 aliphatic rings. The Bertz CT molecular complexity index is 525. The Morgan fingerprint density at radius 3 is 3.17 bits per heavy atom. The minimum absolute atomic E-state index is 0.784. The van der Waals surface area contributed by atoms with Crippen molar-refractivity contribution in [3.63, 3.8) is 0 Å². The third kappa shape index (κ3) is 4.48. The summed E-state index contributed by atoms with van der Waals surface area (Å²) in [6, 6.07) is 2.29. The van der Waals surface area contributed by atoms with Crippen LogP contribution < -0.4 is 5.32 Å². The molecule has 0 aromatic carbocycles. The molecule has 1 aromatic heterocycles. The number of guanidine groups is 1. The molecule has 128 valence electrons. The average Bonchev–Trinajstić information content (AvgIpc) is 3.02. The van der Waals surface area contributed by atoms with E-state index in [0.717, 1.165) is 51.1 Å². The van der Waals surface area contributed by atoms with Crippen molar-refractivity contribution in [3.8, 4) is 0 Å².